The summed E-state index contributed by atoms with van der Waals surface area (Å²) in [5.74, 6) is -0.382. The Hall–Kier alpha value is -2.85. The van der Waals surface area contributed by atoms with E-state index >= 15 is 0 Å². The second kappa shape index (κ2) is 8.72. The van der Waals surface area contributed by atoms with Crippen molar-refractivity contribution in [2.75, 3.05) is 18.1 Å². The summed E-state index contributed by atoms with van der Waals surface area (Å²) in [7, 11) is 0. The van der Waals surface area contributed by atoms with Gasteiger partial charge in [0.1, 0.15) is 5.69 Å². The van der Waals surface area contributed by atoms with Crippen LogP contribution in [0.5, 0.6) is 0 Å². The van der Waals surface area contributed by atoms with Gasteiger partial charge in [-0.1, -0.05) is 12.1 Å². The maximum Gasteiger partial charge on any atom is 0.416 e. The molecular weight excluding hydrogens is 429 g/mol. The molecule has 0 N–H and O–H groups in total. The van der Waals surface area contributed by atoms with Gasteiger partial charge in [-0.3, -0.25) is 14.7 Å². The summed E-state index contributed by atoms with van der Waals surface area (Å²) in [4.78, 5) is 27.4. The van der Waals surface area contributed by atoms with Gasteiger partial charge in [0.15, 0.2) is 5.13 Å². The predicted molar refractivity (Wildman–Crippen MR) is 110 cm³/mol. The van der Waals surface area contributed by atoms with Gasteiger partial charge in [0.05, 0.1) is 35.8 Å². The van der Waals surface area contributed by atoms with Gasteiger partial charge >= 0.3 is 6.18 Å². The second-order valence-corrected chi connectivity index (χ2v) is 8.02. The third-order valence-corrected chi connectivity index (χ3v) is 5.73. The van der Waals surface area contributed by atoms with Gasteiger partial charge in [-0.05, 0) is 31.9 Å². The van der Waals surface area contributed by atoms with Gasteiger partial charge < -0.3 is 4.74 Å². The van der Waals surface area contributed by atoms with Crippen LogP contribution in [0.4, 0.5) is 18.3 Å². The highest BCUT2D eigenvalue weighted by Crippen LogP contribution is 2.34. The molecule has 0 spiro atoms. The molecule has 1 fully saturated rings. The summed E-state index contributed by atoms with van der Waals surface area (Å²) in [5, 5.41) is 2.01. The monoisotopic (exact) mass is 448 g/mol. The molecule has 0 saturated carbocycles. The third kappa shape index (κ3) is 4.91. The largest absolute Gasteiger partial charge is 0.416 e. The molecule has 162 valence electrons. The zero-order valence-electron chi connectivity index (χ0n) is 16.6. The first-order valence-electron chi connectivity index (χ1n) is 9.66. The number of hydrogen-bond acceptors (Lipinski definition) is 6. The molecule has 6 nitrogen and oxygen atoms in total. The van der Waals surface area contributed by atoms with Crippen molar-refractivity contribution in [2.24, 2.45) is 0 Å². The van der Waals surface area contributed by atoms with E-state index in [1.807, 2.05) is 0 Å². The number of thiazole rings is 1. The average Bonchev–Trinajstić information content (AvgIpc) is 3.44. The van der Waals surface area contributed by atoms with E-state index in [0.717, 1.165) is 25.0 Å². The van der Waals surface area contributed by atoms with Crippen molar-refractivity contribution < 1.29 is 22.7 Å². The van der Waals surface area contributed by atoms with Crippen LogP contribution in [-0.2, 0) is 10.9 Å². The van der Waals surface area contributed by atoms with Gasteiger partial charge in [0.2, 0.25) is 0 Å². The topological polar surface area (TPSA) is 68.2 Å². The summed E-state index contributed by atoms with van der Waals surface area (Å²) in [6.45, 7) is 2.68. The summed E-state index contributed by atoms with van der Waals surface area (Å²) < 4.78 is 44.9. The lowest BCUT2D eigenvalue weighted by molar-refractivity contribution is -0.137. The number of nitrogens with zero attached hydrogens (tertiary/aromatic N) is 4. The lowest BCUT2D eigenvalue weighted by atomic mass is 10.1. The van der Waals surface area contributed by atoms with Crippen LogP contribution >= 0.6 is 11.3 Å². The lowest BCUT2D eigenvalue weighted by Crippen LogP contribution is -2.38. The van der Waals surface area contributed by atoms with E-state index < -0.39 is 11.7 Å². The van der Waals surface area contributed by atoms with E-state index in [0.29, 0.717) is 28.7 Å². The highest BCUT2D eigenvalue weighted by molar-refractivity contribution is 7.14. The maximum atomic E-state index is 13.2. The van der Waals surface area contributed by atoms with Crippen molar-refractivity contribution in [1.29, 1.82) is 0 Å². The van der Waals surface area contributed by atoms with Crippen molar-refractivity contribution in [1.82, 2.24) is 15.0 Å². The fourth-order valence-corrected chi connectivity index (χ4v) is 4.10. The Morgan fingerprint density at radius 3 is 2.81 bits per heavy atom. The first-order chi connectivity index (χ1) is 14.8. The first kappa shape index (κ1) is 21.4. The van der Waals surface area contributed by atoms with Crippen LogP contribution in [0.15, 0.2) is 42.0 Å². The number of alkyl halides is 3. The minimum atomic E-state index is -4.44. The molecule has 1 aromatic carbocycles. The summed E-state index contributed by atoms with van der Waals surface area (Å²) >= 11 is 1.18. The van der Waals surface area contributed by atoms with Crippen LogP contribution in [-0.4, -0.2) is 40.1 Å². The van der Waals surface area contributed by atoms with Crippen LogP contribution in [0, 0.1) is 6.92 Å². The van der Waals surface area contributed by atoms with E-state index in [2.05, 4.69) is 15.0 Å². The summed E-state index contributed by atoms with van der Waals surface area (Å²) in [6, 6.07) is 4.97. The summed E-state index contributed by atoms with van der Waals surface area (Å²) in [5.41, 5.74) is 0.799. The molecule has 0 radical (unpaired) electrons. The fraction of sp³-hybridized carbons (Fsp3) is 0.333. The quantitative estimate of drug-likeness (QED) is 0.563. The van der Waals surface area contributed by atoms with Gasteiger partial charge in [0, 0.05) is 23.7 Å². The van der Waals surface area contributed by atoms with Crippen molar-refractivity contribution in [3.8, 4) is 11.3 Å². The van der Waals surface area contributed by atoms with Gasteiger partial charge in [-0.2, -0.15) is 13.2 Å². The minimum Gasteiger partial charge on any atom is -0.376 e. The number of aromatic nitrogens is 3. The van der Waals surface area contributed by atoms with Gasteiger partial charge in [0.25, 0.3) is 5.91 Å². The zero-order chi connectivity index (χ0) is 22.0. The van der Waals surface area contributed by atoms with Crippen molar-refractivity contribution in [3.05, 3.63) is 59.0 Å². The van der Waals surface area contributed by atoms with Gasteiger partial charge in [-0.25, -0.2) is 9.97 Å². The third-order valence-electron chi connectivity index (χ3n) is 4.86. The number of amides is 1. The van der Waals surface area contributed by atoms with Crippen molar-refractivity contribution in [3.63, 3.8) is 0 Å². The molecule has 1 amide bonds. The number of anilines is 1. The number of halogens is 3. The molecule has 4 rings (SSSR count). The molecule has 31 heavy (non-hydrogen) atoms. The average molecular weight is 448 g/mol. The molecule has 1 aliphatic rings. The normalized spacial score (nSPS) is 16.5. The fourth-order valence-electron chi connectivity index (χ4n) is 3.26. The van der Waals surface area contributed by atoms with Crippen LogP contribution in [0.3, 0.4) is 0 Å². The number of benzene rings is 1. The van der Waals surface area contributed by atoms with E-state index in [4.69, 9.17) is 4.74 Å². The van der Waals surface area contributed by atoms with E-state index in [1.54, 1.807) is 18.4 Å². The minimum absolute atomic E-state index is 0.136. The molecule has 0 aliphatic carbocycles. The molecule has 0 unspecified atom stereocenters. The van der Waals surface area contributed by atoms with Crippen LogP contribution in [0.1, 0.15) is 34.6 Å². The molecule has 10 heteroatoms. The standard InChI is InChI=1S/C21H19F3N4O2S/c1-13-9-26-17(10-25-13)19(29)28(11-16-6-3-7-30-16)20-27-18(12-31-20)14-4-2-5-15(8-14)21(22,23)24/h2,4-5,8-10,12,16H,3,6-7,11H2,1H3/t16-/m0/s1. The molecule has 3 heterocycles. The first-order valence-corrected chi connectivity index (χ1v) is 10.5. The molecule has 0 bridgehead atoms. The Morgan fingerprint density at radius 1 is 1.29 bits per heavy atom. The maximum absolute atomic E-state index is 13.2. The SMILES string of the molecule is Cc1cnc(C(=O)N(C[C@@H]2CCCO2)c2nc(-c3cccc(C(F)(F)F)c3)cs2)cn1. The highest BCUT2D eigenvalue weighted by atomic mass is 32.1. The Labute approximate surface area is 180 Å². The van der Waals surface area contributed by atoms with Crippen LogP contribution in [0.2, 0.25) is 0 Å². The Morgan fingerprint density at radius 2 is 2.13 bits per heavy atom. The van der Waals surface area contributed by atoms with Gasteiger partial charge in [-0.15, -0.1) is 11.3 Å². The number of ether oxygens (including phenoxy) is 1. The molecule has 1 atom stereocenters. The van der Waals surface area contributed by atoms with Crippen LogP contribution in [0.25, 0.3) is 11.3 Å². The van der Waals surface area contributed by atoms with Crippen molar-refractivity contribution >= 4 is 22.4 Å². The van der Waals surface area contributed by atoms with E-state index in [9.17, 15) is 18.0 Å². The second-order valence-electron chi connectivity index (χ2n) is 7.19. The number of carbonyl (C=O) groups is 1. The van der Waals surface area contributed by atoms with E-state index in [-0.39, 0.29) is 24.2 Å². The molecule has 1 saturated heterocycles. The Kier molecular flexibility index (Phi) is 6.01. The highest BCUT2D eigenvalue weighted by Gasteiger charge is 2.31. The van der Waals surface area contributed by atoms with E-state index in [1.165, 1.54) is 34.7 Å². The van der Waals surface area contributed by atoms with Crippen molar-refractivity contribution in [2.45, 2.75) is 32.0 Å². The Bertz CT molecular complexity index is 1060. The number of rotatable bonds is 5. The Balaban J connectivity index is 1.65. The predicted octanol–water partition coefficient (Wildman–Crippen LogP) is 4.75. The number of aryl methyl sites for hydroxylation is 1. The number of hydrogen-bond donors (Lipinski definition) is 0. The molecule has 1 aliphatic heterocycles. The molecular formula is C21H19F3N4O2S. The number of carbonyl (C=O) groups excluding carboxylic acids is 1. The zero-order valence-corrected chi connectivity index (χ0v) is 17.4. The lowest BCUT2D eigenvalue weighted by Gasteiger charge is -2.22. The van der Waals surface area contributed by atoms with Crippen LogP contribution < -0.4 is 4.90 Å². The molecule has 2 aromatic heterocycles. The summed E-state index contributed by atoms with van der Waals surface area (Å²) in [6.07, 6.45) is 0.0539. The molecule has 3 aromatic rings. The smallest absolute Gasteiger partial charge is 0.376 e.